The number of benzene rings is 1. The van der Waals surface area contributed by atoms with Gasteiger partial charge in [0.1, 0.15) is 0 Å². The molecule has 23 heavy (non-hydrogen) atoms. The number of rotatable bonds is 2. The van der Waals surface area contributed by atoms with Crippen LogP contribution in [0.25, 0.3) is 0 Å². The molecule has 2 nitrogen and oxygen atoms in total. The Labute approximate surface area is 148 Å². The molecule has 0 radical (unpaired) electrons. The van der Waals surface area contributed by atoms with E-state index in [1.807, 2.05) is 0 Å². The normalized spacial score (nSPS) is 24.1. The Morgan fingerprint density at radius 2 is 1.52 bits per heavy atom. The van der Waals surface area contributed by atoms with Gasteiger partial charge in [0.25, 0.3) is 0 Å². The topological polar surface area (TPSA) is 15.3 Å². The lowest BCUT2D eigenvalue weighted by atomic mass is 9.60. The van der Waals surface area contributed by atoms with E-state index < -0.39 is 0 Å². The lowest BCUT2D eigenvalue weighted by molar-refractivity contribution is 0.0970. The molecule has 2 fully saturated rings. The minimum absolute atomic E-state index is 0. The molecule has 3 rings (SSSR count). The molecule has 130 valence electrons. The van der Waals surface area contributed by atoms with E-state index in [1.54, 1.807) is 5.56 Å². The molecule has 1 aromatic rings. The van der Waals surface area contributed by atoms with Crippen molar-refractivity contribution in [1.82, 2.24) is 5.32 Å². The van der Waals surface area contributed by atoms with Crippen LogP contribution in [0.4, 0.5) is 5.69 Å². The zero-order valence-electron chi connectivity index (χ0n) is 15.2. The molecule has 0 spiro atoms. The largest absolute Gasteiger partial charge is 0.369 e. The van der Waals surface area contributed by atoms with Gasteiger partial charge in [-0.3, -0.25) is 0 Å². The van der Waals surface area contributed by atoms with Crippen LogP contribution in [0.15, 0.2) is 24.3 Å². The zero-order chi connectivity index (χ0) is 15.8. The standard InChI is InChI=1S/C20H32N2.ClH/c1-19(2)13-16(14-20(3,4)15-19)17-7-5-6-8-18(17)22-11-9-21-10-12-22;/h5-8,16,21H,9-15H2,1-4H3;1H. The number of piperazine rings is 1. The molecule has 0 atom stereocenters. The van der Waals surface area contributed by atoms with Crippen molar-refractivity contribution in [3.05, 3.63) is 29.8 Å². The zero-order valence-corrected chi connectivity index (χ0v) is 16.0. The van der Waals surface area contributed by atoms with Crippen LogP contribution in [-0.4, -0.2) is 26.2 Å². The molecular formula is C20H33ClN2. The minimum Gasteiger partial charge on any atom is -0.369 e. The first-order chi connectivity index (χ1) is 10.4. The SMILES string of the molecule is CC1(C)CC(c2ccccc2N2CCNCC2)CC(C)(C)C1.Cl. The van der Waals surface area contributed by atoms with Gasteiger partial charge in [-0.25, -0.2) is 0 Å². The van der Waals surface area contributed by atoms with Crippen LogP contribution in [0.3, 0.4) is 0 Å². The van der Waals surface area contributed by atoms with E-state index in [-0.39, 0.29) is 12.4 Å². The molecule has 1 saturated heterocycles. The Bertz CT molecular complexity index is 502. The van der Waals surface area contributed by atoms with Crippen LogP contribution in [-0.2, 0) is 0 Å². The maximum Gasteiger partial charge on any atom is 0.0402 e. The van der Waals surface area contributed by atoms with E-state index in [9.17, 15) is 0 Å². The number of halogens is 1. The highest BCUT2D eigenvalue weighted by Crippen LogP contribution is 2.52. The van der Waals surface area contributed by atoms with E-state index in [0.29, 0.717) is 16.7 Å². The molecule has 1 aliphatic carbocycles. The molecule has 1 aromatic carbocycles. The second-order valence-corrected chi connectivity index (χ2v) is 8.91. The van der Waals surface area contributed by atoms with E-state index in [0.717, 1.165) is 26.2 Å². The van der Waals surface area contributed by atoms with Crippen LogP contribution in [0.5, 0.6) is 0 Å². The summed E-state index contributed by atoms with van der Waals surface area (Å²) in [5.41, 5.74) is 3.97. The summed E-state index contributed by atoms with van der Waals surface area (Å²) >= 11 is 0. The lowest BCUT2D eigenvalue weighted by Crippen LogP contribution is -2.44. The van der Waals surface area contributed by atoms with Crippen molar-refractivity contribution in [2.75, 3.05) is 31.1 Å². The fraction of sp³-hybridized carbons (Fsp3) is 0.700. The predicted octanol–water partition coefficient (Wildman–Crippen LogP) is 4.84. The maximum atomic E-state index is 3.47. The Hall–Kier alpha value is -0.730. The van der Waals surface area contributed by atoms with Gasteiger partial charge < -0.3 is 10.2 Å². The summed E-state index contributed by atoms with van der Waals surface area (Å²) in [5.74, 6) is 0.699. The average Bonchev–Trinajstić information content (AvgIpc) is 2.45. The highest BCUT2D eigenvalue weighted by atomic mass is 35.5. The van der Waals surface area contributed by atoms with Crippen LogP contribution >= 0.6 is 12.4 Å². The van der Waals surface area contributed by atoms with Gasteiger partial charge in [-0.15, -0.1) is 12.4 Å². The molecule has 0 bridgehead atoms. The van der Waals surface area contributed by atoms with Gasteiger partial charge >= 0.3 is 0 Å². The third kappa shape index (κ3) is 4.42. The third-order valence-electron chi connectivity index (χ3n) is 5.39. The summed E-state index contributed by atoms with van der Waals surface area (Å²) in [6.45, 7) is 14.3. The predicted molar refractivity (Wildman–Crippen MR) is 103 cm³/mol. The fourth-order valence-electron chi connectivity index (χ4n) is 5.09. The van der Waals surface area contributed by atoms with Crippen molar-refractivity contribution in [3.63, 3.8) is 0 Å². The van der Waals surface area contributed by atoms with Crippen molar-refractivity contribution >= 4 is 18.1 Å². The first-order valence-corrected chi connectivity index (χ1v) is 8.91. The molecule has 1 N–H and O–H groups in total. The molecule has 0 aromatic heterocycles. The Morgan fingerprint density at radius 1 is 0.957 bits per heavy atom. The van der Waals surface area contributed by atoms with Crippen LogP contribution in [0.1, 0.15) is 58.4 Å². The summed E-state index contributed by atoms with van der Waals surface area (Å²) in [7, 11) is 0. The van der Waals surface area contributed by atoms with Gasteiger partial charge in [0.05, 0.1) is 0 Å². The van der Waals surface area contributed by atoms with Crippen molar-refractivity contribution in [1.29, 1.82) is 0 Å². The van der Waals surface area contributed by atoms with Crippen molar-refractivity contribution in [2.24, 2.45) is 10.8 Å². The fourth-order valence-corrected chi connectivity index (χ4v) is 5.09. The van der Waals surface area contributed by atoms with E-state index in [1.165, 1.54) is 24.9 Å². The Morgan fingerprint density at radius 3 is 2.13 bits per heavy atom. The average molecular weight is 337 g/mol. The van der Waals surface area contributed by atoms with Gasteiger partial charge in [-0.1, -0.05) is 45.9 Å². The van der Waals surface area contributed by atoms with Crippen LogP contribution in [0, 0.1) is 10.8 Å². The molecule has 0 unspecified atom stereocenters. The smallest absolute Gasteiger partial charge is 0.0402 e. The first kappa shape index (κ1) is 18.6. The number of hydrogen-bond donors (Lipinski definition) is 1. The molecule has 1 heterocycles. The molecule has 2 aliphatic rings. The summed E-state index contributed by atoms with van der Waals surface area (Å²) in [4.78, 5) is 2.58. The van der Waals surface area contributed by atoms with E-state index in [4.69, 9.17) is 0 Å². The molecule has 1 aliphatic heterocycles. The lowest BCUT2D eigenvalue weighted by Gasteiger charge is -2.46. The van der Waals surface area contributed by atoms with E-state index >= 15 is 0 Å². The second-order valence-electron chi connectivity index (χ2n) is 8.91. The number of nitrogens with zero attached hydrogens (tertiary/aromatic N) is 1. The Kier molecular flexibility index (Phi) is 5.68. The summed E-state index contributed by atoms with van der Waals surface area (Å²) < 4.78 is 0. The number of nitrogens with one attached hydrogen (secondary N) is 1. The van der Waals surface area contributed by atoms with Crippen LogP contribution in [0.2, 0.25) is 0 Å². The molecule has 3 heteroatoms. The van der Waals surface area contributed by atoms with Crippen molar-refractivity contribution in [3.8, 4) is 0 Å². The molecular weight excluding hydrogens is 304 g/mol. The van der Waals surface area contributed by atoms with E-state index in [2.05, 4.69) is 62.2 Å². The first-order valence-electron chi connectivity index (χ1n) is 8.91. The highest BCUT2D eigenvalue weighted by Gasteiger charge is 2.39. The molecule has 1 saturated carbocycles. The van der Waals surface area contributed by atoms with Gasteiger partial charge in [0.2, 0.25) is 0 Å². The maximum absolute atomic E-state index is 3.47. The monoisotopic (exact) mass is 336 g/mol. The summed E-state index contributed by atoms with van der Waals surface area (Å²) in [6.07, 6.45) is 3.98. The van der Waals surface area contributed by atoms with Crippen molar-refractivity contribution in [2.45, 2.75) is 52.9 Å². The second kappa shape index (κ2) is 7.03. The Balaban J connectivity index is 0.00000192. The summed E-state index contributed by atoms with van der Waals surface area (Å²) in [6, 6.07) is 9.17. The highest BCUT2D eigenvalue weighted by molar-refractivity contribution is 5.85. The molecule has 0 amide bonds. The van der Waals surface area contributed by atoms with Gasteiger partial charge in [-0.05, 0) is 47.6 Å². The summed E-state index contributed by atoms with van der Waals surface area (Å²) in [5, 5.41) is 3.47. The van der Waals surface area contributed by atoms with Crippen molar-refractivity contribution < 1.29 is 0 Å². The number of hydrogen-bond acceptors (Lipinski definition) is 2. The number of para-hydroxylation sites is 1. The van der Waals surface area contributed by atoms with Gasteiger partial charge in [-0.2, -0.15) is 0 Å². The van der Waals surface area contributed by atoms with Gasteiger partial charge in [0, 0.05) is 31.9 Å². The quantitative estimate of drug-likeness (QED) is 0.831. The third-order valence-corrected chi connectivity index (χ3v) is 5.39. The minimum atomic E-state index is 0. The number of anilines is 1. The van der Waals surface area contributed by atoms with Crippen LogP contribution < -0.4 is 10.2 Å². The van der Waals surface area contributed by atoms with Gasteiger partial charge in [0.15, 0.2) is 0 Å².